The van der Waals surface area contributed by atoms with Gasteiger partial charge in [0.25, 0.3) is 0 Å². The molecule has 0 radical (unpaired) electrons. The van der Waals surface area contributed by atoms with Gasteiger partial charge in [-0.15, -0.1) is 0 Å². The first-order valence-electron chi connectivity index (χ1n) is 7.18. The Morgan fingerprint density at radius 3 is 2.38 bits per heavy atom. The number of hydrogen-bond donors (Lipinski definition) is 0. The summed E-state index contributed by atoms with van der Waals surface area (Å²) in [4.78, 5) is 3.84. The Bertz CT molecular complexity index is 973. The van der Waals surface area contributed by atoms with Crippen molar-refractivity contribution in [1.29, 1.82) is 0 Å². The van der Waals surface area contributed by atoms with E-state index < -0.39 is 10.1 Å². The normalized spacial score (nSPS) is 11.2. The van der Waals surface area contributed by atoms with Crippen molar-refractivity contribution in [2.24, 2.45) is 0 Å². The molecule has 0 fully saturated rings. The standard InChI is InChI=1S/C18H14ClNO3S/c1-13-11-15(12-20-18(13)19)24(21,22)23-17-10-6-5-9-16(17)14-7-3-2-4-8-14/h2-12H,1H3. The fraction of sp³-hybridized carbons (Fsp3) is 0.0556. The molecule has 6 heteroatoms. The van der Waals surface area contributed by atoms with Gasteiger partial charge in [0.2, 0.25) is 0 Å². The van der Waals surface area contributed by atoms with Crippen molar-refractivity contribution in [2.75, 3.05) is 0 Å². The number of para-hydroxylation sites is 1. The minimum atomic E-state index is -4.00. The molecule has 0 amide bonds. The van der Waals surface area contributed by atoms with E-state index in [0.29, 0.717) is 11.1 Å². The van der Waals surface area contributed by atoms with Gasteiger partial charge in [-0.05, 0) is 30.2 Å². The van der Waals surface area contributed by atoms with Crippen LogP contribution in [0.1, 0.15) is 5.56 Å². The average molecular weight is 360 g/mol. The molecule has 0 atom stereocenters. The molecule has 122 valence electrons. The molecule has 0 N–H and O–H groups in total. The quantitative estimate of drug-likeness (QED) is 0.509. The largest absolute Gasteiger partial charge is 0.378 e. The highest BCUT2D eigenvalue weighted by Crippen LogP contribution is 2.31. The second kappa shape index (κ2) is 6.63. The third kappa shape index (κ3) is 3.42. The fourth-order valence-corrected chi connectivity index (χ4v) is 3.32. The van der Waals surface area contributed by atoms with Gasteiger partial charge in [-0.1, -0.05) is 60.1 Å². The van der Waals surface area contributed by atoms with Crippen molar-refractivity contribution in [2.45, 2.75) is 11.8 Å². The topological polar surface area (TPSA) is 56.3 Å². The second-order valence-electron chi connectivity index (χ2n) is 5.18. The highest BCUT2D eigenvalue weighted by molar-refractivity contribution is 7.87. The molecular formula is C18H14ClNO3S. The Morgan fingerprint density at radius 1 is 1.00 bits per heavy atom. The maximum absolute atomic E-state index is 12.5. The highest BCUT2D eigenvalue weighted by atomic mass is 35.5. The first-order chi connectivity index (χ1) is 11.5. The molecule has 1 heterocycles. The second-order valence-corrected chi connectivity index (χ2v) is 7.08. The van der Waals surface area contributed by atoms with E-state index in [1.165, 1.54) is 12.3 Å². The van der Waals surface area contributed by atoms with Crippen LogP contribution in [0.4, 0.5) is 0 Å². The molecule has 24 heavy (non-hydrogen) atoms. The number of aryl methyl sites for hydroxylation is 1. The monoisotopic (exact) mass is 359 g/mol. The summed E-state index contributed by atoms with van der Waals surface area (Å²) in [6.07, 6.45) is 1.19. The molecule has 0 saturated carbocycles. The van der Waals surface area contributed by atoms with Crippen LogP contribution in [0.25, 0.3) is 11.1 Å². The molecule has 3 rings (SSSR count). The van der Waals surface area contributed by atoms with E-state index >= 15 is 0 Å². The predicted octanol–water partition coefficient (Wildman–Crippen LogP) is 4.48. The predicted molar refractivity (Wildman–Crippen MR) is 93.7 cm³/mol. The minimum Gasteiger partial charge on any atom is -0.378 e. The molecule has 2 aromatic carbocycles. The molecule has 3 aromatic rings. The molecule has 0 bridgehead atoms. The lowest BCUT2D eigenvalue weighted by atomic mass is 10.1. The third-order valence-electron chi connectivity index (χ3n) is 3.45. The molecule has 0 unspecified atom stereocenters. The Morgan fingerprint density at radius 2 is 1.67 bits per heavy atom. The van der Waals surface area contributed by atoms with Gasteiger partial charge in [0.05, 0.1) is 6.20 Å². The molecule has 1 aromatic heterocycles. The first kappa shape index (κ1) is 16.5. The van der Waals surface area contributed by atoms with Crippen LogP contribution in [-0.4, -0.2) is 13.4 Å². The molecule has 0 aliphatic heterocycles. The summed E-state index contributed by atoms with van der Waals surface area (Å²) in [5, 5.41) is 0.263. The number of nitrogens with zero attached hydrogens (tertiary/aromatic N) is 1. The molecule has 0 saturated heterocycles. The van der Waals surface area contributed by atoms with Crippen molar-refractivity contribution in [3.05, 3.63) is 77.6 Å². The van der Waals surface area contributed by atoms with E-state index in [-0.39, 0.29) is 15.8 Å². The summed E-state index contributed by atoms with van der Waals surface area (Å²) in [6.45, 7) is 1.69. The number of pyridine rings is 1. The van der Waals surface area contributed by atoms with Crippen molar-refractivity contribution in [3.63, 3.8) is 0 Å². The summed E-state index contributed by atoms with van der Waals surface area (Å²) in [5.41, 5.74) is 2.13. The van der Waals surface area contributed by atoms with Gasteiger partial charge in [-0.3, -0.25) is 0 Å². The van der Waals surface area contributed by atoms with E-state index in [9.17, 15) is 8.42 Å². The van der Waals surface area contributed by atoms with E-state index in [1.807, 2.05) is 42.5 Å². The minimum absolute atomic E-state index is 0.0349. The SMILES string of the molecule is Cc1cc(S(=O)(=O)Oc2ccccc2-c2ccccc2)cnc1Cl. The molecule has 0 spiro atoms. The molecule has 0 aliphatic carbocycles. The van der Waals surface area contributed by atoms with E-state index in [0.717, 1.165) is 5.56 Å². The van der Waals surface area contributed by atoms with Crippen molar-refractivity contribution >= 4 is 21.7 Å². The number of aromatic nitrogens is 1. The van der Waals surface area contributed by atoms with Crippen LogP contribution in [0, 0.1) is 6.92 Å². The summed E-state index contributed by atoms with van der Waals surface area (Å²) in [6, 6.07) is 17.9. The zero-order valence-electron chi connectivity index (χ0n) is 12.8. The van der Waals surface area contributed by atoms with E-state index in [1.54, 1.807) is 19.1 Å². The van der Waals surface area contributed by atoms with Crippen LogP contribution in [0.5, 0.6) is 5.75 Å². The van der Waals surface area contributed by atoms with Gasteiger partial charge in [0.15, 0.2) is 5.75 Å². The summed E-state index contributed by atoms with van der Waals surface area (Å²) >= 11 is 5.85. The lowest BCUT2D eigenvalue weighted by Crippen LogP contribution is -2.11. The number of halogens is 1. The van der Waals surface area contributed by atoms with Gasteiger partial charge in [0.1, 0.15) is 10.0 Å². The Kier molecular flexibility index (Phi) is 4.55. The van der Waals surface area contributed by atoms with Gasteiger partial charge < -0.3 is 4.18 Å². The van der Waals surface area contributed by atoms with E-state index in [4.69, 9.17) is 15.8 Å². The third-order valence-corrected chi connectivity index (χ3v) is 5.04. The van der Waals surface area contributed by atoms with Crippen LogP contribution >= 0.6 is 11.6 Å². The Labute approximate surface area is 145 Å². The molecule has 0 aliphatic rings. The number of benzene rings is 2. The van der Waals surface area contributed by atoms with Crippen LogP contribution in [0.3, 0.4) is 0 Å². The van der Waals surface area contributed by atoms with Gasteiger partial charge in [-0.25, -0.2) is 4.98 Å². The average Bonchev–Trinajstić information content (AvgIpc) is 2.58. The van der Waals surface area contributed by atoms with Crippen LogP contribution < -0.4 is 4.18 Å². The lowest BCUT2D eigenvalue weighted by molar-refractivity contribution is 0.486. The highest BCUT2D eigenvalue weighted by Gasteiger charge is 2.20. The summed E-state index contributed by atoms with van der Waals surface area (Å²) < 4.78 is 30.4. The van der Waals surface area contributed by atoms with Crippen LogP contribution in [0.15, 0.2) is 71.8 Å². The number of hydrogen-bond acceptors (Lipinski definition) is 4. The Hall–Kier alpha value is -2.37. The molecule has 4 nitrogen and oxygen atoms in total. The van der Waals surface area contributed by atoms with E-state index in [2.05, 4.69) is 4.98 Å². The maximum atomic E-state index is 12.5. The van der Waals surface area contributed by atoms with Gasteiger partial charge in [-0.2, -0.15) is 8.42 Å². The smallest absolute Gasteiger partial charge is 0.340 e. The number of rotatable bonds is 4. The zero-order valence-corrected chi connectivity index (χ0v) is 14.4. The van der Waals surface area contributed by atoms with Crippen LogP contribution in [0.2, 0.25) is 5.15 Å². The van der Waals surface area contributed by atoms with Crippen molar-refractivity contribution < 1.29 is 12.6 Å². The fourth-order valence-electron chi connectivity index (χ4n) is 2.23. The van der Waals surface area contributed by atoms with Crippen molar-refractivity contribution in [1.82, 2.24) is 4.98 Å². The summed E-state index contributed by atoms with van der Waals surface area (Å²) in [7, 11) is -4.00. The zero-order chi connectivity index (χ0) is 17.2. The lowest BCUT2D eigenvalue weighted by Gasteiger charge is -2.12. The maximum Gasteiger partial charge on any atom is 0.340 e. The summed E-state index contributed by atoms with van der Waals surface area (Å²) in [5.74, 6) is 0.260. The first-order valence-corrected chi connectivity index (χ1v) is 8.97. The Balaban J connectivity index is 2.01. The van der Waals surface area contributed by atoms with Gasteiger partial charge in [0, 0.05) is 5.56 Å². The molecular weight excluding hydrogens is 346 g/mol. The van der Waals surface area contributed by atoms with Gasteiger partial charge >= 0.3 is 10.1 Å². The van der Waals surface area contributed by atoms with Crippen LogP contribution in [-0.2, 0) is 10.1 Å². The van der Waals surface area contributed by atoms with Crippen molar-refractivity contribution in [3.8, 4) is 16.9 Å².